The highest BCUT2D eigenvalue weighted by Crippen LogP contribution is 2.25. The molecule has 0 saturated carbocycles. The van der Waals surface area contributed by atoms with Gasteiger partial charge in [0.2, 0.25) is 0 Å². The van der Waals surface area contributed by atoms with Crippen molar-refractivity contribution in [2.24, 2.45) is 0 Å². The van der Waals surface area contributed by atoms with Crippen molar-refractivity contribution in [3.63, 3.8) is 0 Å². The lowest BCUT2D eigenvalue weighted by Crippen LogP contribution is -2.24. The first-order chi connectivity index (χ1) is 10.1. The molecule has 0 aliphatic carbocycles. The van der Waals surface area contributed by atoms with E-state index in [0.717, 1.165) is 23.0 Å². The van der Waals surface area contributed by atoms with Crippen LogP contribution >= 0.6 is 27.5 Å². The van der Waals surface area contributed by atoms with E-state index >= 15 is 0 Å². The number of nitrogens with one attached hydrogen (secondary N) is 1. The average molecular weight is 371 g/mol. The Labute approximate surface area is 138 Å². The molecule has 0 radical (unpaired) electrons. The second-order valence-corrected chi connectivity index (χ2v) is 6.32. The van der Waals surface area contributed by atoms with Crippen molar-refractivity contribution in [2.75, 3.05) is 6.54 Å². The molecule has 1 N–H and O–H groups in total. The van der Waals surface area contributed by atoms with Crippen LogP contribution in [0.3, 0.4) is 0 Å². The maximum Gasteiger partial charge on any atom is 0.123 e. The lowest BCUT2D eigenvalue weighted by molar-refractivity contribution is 0.527. The van der Waals surface area contributed by atoms with Crippen molar-refractivity contribution in [3.8, 4) is 0 Å². The minimum absolute atomic E-state index is 0.123. The lowest BCUT2D eigenvalue weighted by atomic mass is 9.98. The molecule has 0 saturated heterocycles. The van der Waals surface area contributed by atoms with Gasteiger partial charge in [0.05, 0.1) is 0 Å². The second kappa shape index (κ2) is 7.92. The number of rotatable bonds is 6. The predicted octanol–water partition coefficient (Wildman–Crippen LogP) is 5.53. The Kier molecular flexibility index (Phi) is 6.22. The molecule has 0 aromatic heterocycles. The quantitative estimate of drug-likeness (QED) is 0.705. The summed E-state index contributed by atoms with van der Waals surface area (Å²) in [6.45, 7) is 3.04. The second-order valence-electron chi connectivity index (χ2n) is 5.00. The van der Waals surface area contributed by atoms with Gasteiger partial charge in [-0.15, -0.1) is 0 Å². The SMILES string of the molecule is CCCNC(Cc1cc(F)ccc1Cl)c1ccc(Br)cc1. The fourth-order valence-corrected chi connectivity index (χ4v) is 2.70. The van der Waals surface area contributed by atoms with E-state index in [1.54, 1.807) is 6.07 Å². The summed E-state index contributed by atoms with van der Waals surface area (Å²) in [4.78, 5) is 0. The van der Waals surface area contributed by atoms with Crippen LogP contribution in [0.1, 0.15) is 30.5 Å². The van der Waals surface area contributed by atoms with Crippen molar-refractivity contribution in [1.82, 2.24) is 5.32 Å². The first-order valence-corrected chi connectivity index (χ1v) is 8.20. The molecule has 0 spiro atoms. The summed E-state index contributed by atoms with van der Waals surface area (Å²) < 4.78 is 14.5. The van der Waals surface area contributed by atoms with Gasteiger partial charge in [-0.25, -0.2) is 4.39 Å². The Bertz CT molecular complexity index is 586. The van der Waals surface area contributed by atoms with Crippen molar-refractivity contribution >= 4 is 27.5 Å². The smallest absolute Gasteiger partial charge is 0.123 e. The van der Waals surface area contributed by atoms with Gasteiger partial charge in [0.1, 0.15) is 5.82 Å². The number of hydrogen-bond donors (Lipinski definition) is 1. The van der Waals surface area contributed by atoms with Crippen molar-refractivity contribution < 1.29 is 4.39 Å². The molecule has 112 valence electrons. The van der Waals surface area contributed by atoms with Crippen LogP contribution in [0.2, 0.25) is 5.02 Å². The molecule has 1 atom stereocenters. The highest BCUT2D eigenvalue weighted by atomic mass is 79.9. The predicted molar refractivity (Wildman–Crippen MR) is 90.3 cm³/mol. The van der Waals surface area contributed by atoms with E-state index in [1.165, 1.54) is 17.7 Å². The van der Waals surface area contributed by atoms with E-state index in [-0.39, 0.29) is 11.9 Å². The first-order valence-electron chi connectivity index (χ1n) is 7.03. The molecule has 1 unspecified atom stereocenters. The van der Waals surface area contributed by atoms with Gasteiger partial charge < -0.3 is 5.32 Å². The van der Waals surface area contributed by atoms with Crippen molar-refractivity contribution in [3.05, 3.63) is 68.9 Å². The Hall–Kier alpha value is -0.900. The highest BCUT2D eigenvalue weighted by molar-refractivity contribution is 9.10. The zero-order valence-electron chi connectivity index (χ0n) is 11.9. The molecule has 0 amide bonds. The van der Waals surface area contributed by atoms with Crippen LogP contribution in [-0.2, 0) is 6.42 Å². The summed E-state index contributed by atoms with van der Waals surface area (Å²) in [5.41, 5.74) is 2.00. The number of benzene rings is 2. The molecule has 1 nitrogen and oxygen atoms in total. The summed E-state index contributed by atoms with van der Waals surface area (Å²) in [7, 11) is 0. The van der Waals surface area contributed by atoms with Crippen LogP contribution in [0.25, 0.3) is 0 Å². The Balaban J connectivity index is 2.23. The molecule has 2 aromatic rings. The monoisotopic (exact) mass is 369 g/mol. The van der Waals surface area contributed by atoms with Crippen LogP contribution in [0.15, 0.2) is 46.9 Å². The van der Waals surface area contributed by atoms with E-state index in [1.807, 2.05) is 12.1 Å². The van der Waals surface area contributed by atoms with Gasteiger partial charge in [-0.05, 0) is 60.8 Å². The van der Waals surface area contributed by atoms with Crippen LogP contribution in [-0.4, -0.2) is 6.54 Å². The molecule has 0 aliphatic rings. The zero-order valence-corrected chi connectivity index (χ0v) is 14.2. The van der Waals surface area contributed by atoms with E-state index in [2.05, 4.69) is 40.3 Å². The van der Waals surface area contributed by atoms with E-state index in [0.29, 0.717) is 11.4 Å². The minimum atomic E-state index is -0.251. The molecule has 2 aromatic carbocycles. The maximum atomic E-state index is 13.4. The Morgan fingerprint density at radius 3 is 2.57 bits per heavy atom. The molecule has 0 heterocycles. The van der Waals surface area contributed by atoms with E-state index < -0.39 is 0 Å². The average Bonchev–Trinajstić information content (AvgIpc) is 2.48. The normalized spacial score (nSPS) is 12.4. The van der Waals surface area contributed by atoms with Crippen LogP contribution in [0, 0.1) is 5.82 Å². The van der Waals surface area contributed by atoms with Gasteiger partial charge in [-0.3, -0.25) is 0 Å². The van der Waals surface area contributed by atoms with Gasteiger partial charge >= 0.3 is 0 Å². The van der Waals surface area contributed by atoms with E-state index in [4.69, 9.17) is 11.6 Å². The summed E-state index contributed by atoms with van der Waals surface area (Å²) in [6.07, 6.45) is 1.71. The maximum absolute atomic E-state index is 13.4. The van der Waals surface area contributed by atoms with Gasteiger partial charge in [0, 0.05) is 15.5 Å². The molecule has 21 heavy (non-hydrogen) atoms. The van der Waals surface area contributed by atoms with E-state index in [9.17, 15) is 4.39 Å². The molecular formula is C17H18BrClFN. The molecule has 0 bridgehead atoms. The third-order valence-electron chi connectivity index (χ3n) is 3.34. The topological polar surface area (TPSA) is 12.0 Å². The standard InChI is InChI=1S/C17H18BrClFN/c1-2-9-21-17(12-3-5-14(18)6-4-12)11-13-10-15(20)7-8-16(13)19/h3-8,10,17,21H,2,9,11H2,1H3. The molecule has 4 heteroatoms. The van der Waals surface area contributed by atoms with Gasteiger partial charge in [-0.1, -0.05) is 46.6 Å². The van der Waals surface area contributed by atoms with Crippen molar-refractivity contribution in [2.45, 2.75) is 25.8 Å². The highest BCUT2D eigenvalue weighted by Gasteiger charge is 2.14. The minimum Gasteiger partial charge on any atom is -0.310 e. The fourth-order valence-electron chi connectivity index (χ4n) is 2.24. The molecule has 2 rings (SSSR count). The van der Waals surface area contributed by atoms with Gasteiger partial charge in [0.25, 0.3) is 0 Å². The lowest BCUT2D eigenvalue weighted by Gasteiger charge is -2.20. The van der Waals surface area contributed by atoms with Crippen LogP contribution in [0.5, 0.6) is 0 Å². The number of hydrogen-bond acceptors (Lipinski definition) is 1. The number of halogens is 3. The fraction of sp³-hybridized carbons (Fsp3) is 0.294. The molecule has 0 aliphatic heterocycles. The Morgan fingerprint density at radius 1 is 1.19 bits per heavy atom. The third kappa shape index (κ3) is 4.80. The van der Waals surface area contributed by atoms with Crippen molar-refractivity contribution in [1.29, 1.82) is 0 Å². The first kappa shape index (κ1) is 16.5. The van der Waals surface area contributed by atoms with Gasteiger partial charge in [0.15, 0.2) is 0 Å². The zero-order chi connectivity index (χ0) is 15.2. The summed E-state index contributed by atoms with van der Waals surface area (Å²) in [6, 6.07) is 12.8. The van der Waals surface area contributed by atoms with Crippen LogP contribution in [0.4, 0.5) is 4.39 Å². The van der Waals surface area contributed by atoms with Crippen LogP contribution < -0.4 is 5.32 Å². The summed E-state index contributed by atoms with van der Waals surface area (Å²) in [5, 5.41) is 4.11. The molecule has 0 fully saturated rings. The summed E-state index contributed by atoms with van der Waals surface area (Å²) in [5.74, 6) is -0.251. The molecular weight excluding hydrogens is 353 g/mol. The summed E-state index contributed by atoms with van der Waals surface area (Å²) >= 11 is 9.63. The largest absolute Gasteiger partial charge is 0.310 e. The van der Waals surface area contributed by atoms with Gasteiger partial charge in [-0.2, -0.15) is 0 Å². The Morgan fingerprint density at radius 2 is 1.90 bits per heavy atom. The third-order valence-corrected chi connectivity index (χ3v) is 4.24.